The Balaban J connectivity index is 2.17. The molecule has 0 atom stereocenters. The average Bonchev–Trinajstić information content (AvgIpc) is 2.93. The van der Waals surface area contributed by atoms with E-state index in [2.05, 4.69) is 0 Å². The highest BCUT2D eigenvalue weighted by Crippen LogP contribution is 2.26. The number of para-hydroxylation sites is 1. The molecular formula is C17H15NO4S. The van der Waals surface area contributed by atoms with Gasteiger partial charge in [0.2, 0.25) is 0 Å². The summed E-state index contributed by atoms with van der Waals surface area (Å²) < 4.78 is 32.0. The summed E-state index contributed by atoms with van der Waals surface area (Å²) in [5.41, 5.74) is 1.20. The Hall–Kier alpha value is -2.60. The molecule has 23 heavy (non-hydrogen) atoms. The minimum absolute atomic E-state index is 0.0349. The second kappa shape index (κ2) is 5.89. The van der Waals surface area contributed by atoms with Gasteiger partial charge in [0.25, 0.3) is 10.0 Å². The van der Waals surface area contributed by atoms with Crippen molar-refractivity contribution in [2.24, 2.45) is 0 Å². The van der Waals surface area contributed by atoms with Crippen molar-refractivity contribution in [3.8, 4) is 0 Å². The van der Waals surface area contributed by atoms with E-state index in [9.17, 15) is 13.2 Å². The summed E-state index contributed by atoms with van der Waals surface area (Å²) in [6.45, 7) is 1.35. The maximum absolute atomic E-state index is 12.9. The zero-order valence-electron chi connectivity index (χ0n) is 12.5. The second-order valence-electron chi connectivity index (χ2n) is 5.07. The van der Waals surface area contributed by atoms with E-state index >= 15 is 0 Å². The number of ether oxygens (including phenoxy) is 1. The summed E-state index contributed by atoms with van der Waals surface area (Å²) in [4.78, 5) is 11.2. The quantitative estimate of drug-likeness (QED) is 0.690. The number of esters is 1. The first kappa shape index (κ1) is 15.3. The van der Waals surface area contributed by atoms with Crippen molar-refractivity contribution < 1.29 is 17.9 Å². The molecular weight excluding hydrogens is 314 g/mol. The van der Waals surface area contributed by atoms with E-state index in [4.69, 9.17) is 4.74 Å². The van der Waals surface area contributed by atoms with Crippen LogP contribution in [0.1, 0.15) is 12.5 Å². The molecule has 0 fully saturated rings. The fourth-order valence-electron chi connectivity index (χ4n) is 2.42. The van der Waals surface area contributed by atoms with Crippen LogP contribution in [0.3, 0.4) is 0 Å². The Morgan fingerprint density at radius 3 is 2.39 bits per heavy atom. The number of aromatic nitrogens is 1. The van der Waals surface area contributed by atoms with Gasteiger partial charge in [-0.25, -0.2) is 12.4 Å². The Labute approximate surface area is 134 Å². The summed E-state index contributed by atoms with van der Waals surface area (Å²) in [5, 5.41) is 0.744. The highest BCUT2D eigenvalue weighted by Gasteiger charge is 2.21. The lowest BCUT2D eigenvalue weighted by Crippen LogP contribution is -2.11. The molecule has 5 nitrogen and oxygen atoms in total. The number of benzene rings is 2. The van der Waals surface area contributed by atoms with Crippen LogP contribution in [-0.4, -0.2) is 18.4 Å². The van der Waals surface area contributed by atoms with Gasteiger partial charge in [-0.1, -0.05) is 36.4 Å². The monoisotopic (exact) mass is 329 g/mol. The molecule has 0 saturated carbocycles. The molecule has 6 heteroatoms. The highest BCUT2D eigenvalue weighted by atomic mass is 32.2. The Morgan fingerprint density at radius 1 is 1.04 bits per heavy atom. The smallest absolute Gasteiger partial charge is 0.302 e. The molecule has 0 N–H and O–H groups in total. The number of carbonyl (C=O) groups excluding carboxylic acids is 1. The summed E-state index contributed by atoms with van der Waals surface area (Å²) in [6.07, 6.45) is 1.51. The van der Waals surface area contributed by atoms with Crippen LogP contribution in [0.4, 0.5) is 0 Å². The molecule has 0 aliphatic carbocycles. The van der Waals surface area contributed by atoms with Crippen molar-refractivity contribution >= 4 is 26.9 Å². The SMILES string of the molecule is CC(=O)OCc1cn(S(=O)(=O)c2ccccc2)c2ccccc12. The Morgan fingerprint density at radius 2 is 1.70 bits per heavy atom. The molecule has 0 aliphatic heterocycles. The molecule has 0 spiro atoms. The van der Waals surface area contributed by atoms with Gasteiger partial charge in [0.15, 0.2) is 0 Å². The number of carbonyl (C=O) groups is 1. The van der Waals surface area contributed by atoms with Crippen LogP contribution in [0.5, 0.6) is 0 Å². The van der Waals surface area contributed by atoms with Gasteiger partial charge in [-0.3, -0.25) is 4.79 Å². The lowest BCUT2D eigenvalue weighted by Gasteiger charge is -2.07. The fraction of sp³-hybridized carbons (Fsp3) is 0.118. The van der Waals surface area contributed by atoms with Crippen LogP contribution in [0, 0.1) is 0 Å². The number of hydrogen-bond acceptors (Lipinski definition) is 4. The van der Waals surface area contributed by atoms with Crippen LogP contribution in [-0.2, 0) is 26.2 Å². The van der Waals surface area contributed by atoms with Crippen LogP contribution in [0.25, 0.3) is 10.9 Å². The molecule has 2 aromatic carbocycles. The van der Waals surface area contributed by atoms with Gasteiger partial charge >= 0.3 is 5.97 Å². The molecule has 0 aliphatic rings. The van der Waals surface area contributed by atoms with Gasteiger partial charge in [0.1, 0.15) is 6.61 Å². The van der Waals surface area contributed by atoms with Crippen LogP contribution >= 0.6 is 0 Å². The van der Waals surface area contributed by atoms with Gasteiger partial charge in [-0.15, -0.1) is 0 Å². The molecule has 118 valence electrons. The van der Waals surface area contributed by atoms with Crippen LogP contribution in [0.2, 0.25) is 0 Å². The largest absolute Gasteiger partial charge is 0.461 e. The zero-order valence-corrected chi connectivity index (χ0v) is 13.3. The first-order valence-electron chi connectivity index (χ1n) is 7.03. The standard InChI is InChI=1S/C17H15NO4S/c1-13(19)22-12-14-11-18(17-10-6-5-9-16(14)17)23(20,21)15-7-3-2-4-8-15/h2-11H,12H2,1H3. The summed E-state index contributed by atoms with van der Waals surface area (Å²) >= 11 is 0. The van der Waals surface area contributed by atoms with Gasteiger partial charge in [-0.05, 0) is 18.2 Å². The molecule has 3 rings (SSSR count). The van der Waals surface area contributed by atoms with Crippen LogP contribution < -0.4 is 0 Å². The normalized spacial score (nSPS) is 11.5. The third kappa shape index (κ3) is 2.85. The van der Waals surface area contributed by atoms with Crippen molar-refractivity contribution in [2.45, 2.75) is 18.4 Å². The van der Waals surface area contributed by atoms with Crippen LogP contribution in [0.15, 0.2) is 65.7 Å². The number of rotatable bonds is 4. The number of fused-ring (bicyclic) bond motifs is 1. The zero-order chi connectivity index (χ0) is 16.4. The van der Waals surface area contributed by atoms with Gasteiger partial charge in [0.05, 0.1) is 10.4 Å². The predicted molar refractivity (Wildman–Crippen MR) is 86.4 cm³/mol. The molecule has 0 bridgehead atoms. The molecule has 0 radical (unpaired) electrons. The summed E-state index contributed by atoms with van der Waals surface area (Å²) in [5.74, 6) is -0.409. The third-order valence-corrected chi connectivity index (χ3v) is 5.18. The highest BCUT2D eigenvalue weighted by molar-refractivity contribution is 7.90. The van der Waals surface area contributed by atoms with Crippen molar-refractivity contribution in [1.82, 2.24) is 3.97 Å². The third-order valence-electron chi connectivity index (χ3n) is 3.49. The molecule has 1 heterocycles. The maximum Gasteiger partial charge on any atom is 0.302 e. The summed E-state index contributed by atoms with van der Waals surface area (Å²) in [7, 11) is -3.71. The van der Waals surface area contributed by atoms with E-state index in [1.54, 1.807) is 42.5 Å². The molecule has 0 unspecified atom stereocenters. The fourth-order valence-corrected chi connectivity index (χ4v) is 3.83. The molecule has 3 aromatic rings. The summed E-state index contributed by atoms with van der Waals surface area (Å²) in [6, 6.07) is 15.4. The predicted octanol–water partition coefficient (Wildman–Crippen LogP) is 2.94. The van der Waals surface area contributed by atoms with Crippen molar-refractivity contribution in [1.29, 1.82) is 0 Å². The van der Waals surface area contributed by atoms with Gasteiger partial charge in [-0.2, -0.15) is 0 Å². The van der Waals surface area contributed by atoms with E-state index in [1.165, 1.54) is 17.1 Å². The van der Waals surface area contributed by atoms with E-state index < -0.39 is 16.0 Å². The molecule has 0 amide bonds. The first-order valence-corrected chi connectivity index (χ1v) is 8.47. The Kier molecular flexibility index (Phi) is 3.92. The second-order valence-corrected chi connectivity index (χ2v) is 6.88. The number of hydrogen-bond donors (Lipinski definition) is 0. The minimum Gasteiger partial charge on any atom is -0.461 e. The minimum atomic E-state index is -3.71. The maximum atomic E-state index is 12.9. The lowest BCUT2D eigenvalue weighted by atomic mass is 10.2. The van der Waals surface area contributed by atoms with E-state index in [-0.39, 0.29) is 11.5 Å². The average molecular weight is 329 g/mol. The van der Waals surface area contributed by atoms with Gasteiger partial charge in [0, 0.05) is 24.1 Å². The number of nitrogens with zero attached hydrogens (tertiary/aromatic N) is 1. The van der Waals surface area contributed by atoms with E-state index in [0.29, 0.717) is 11.1 Å². The van der Waals surface area contributed by atoms with Crippen molar-refractivity contribution in [3.63, 3.8) is 0 Å². The molecule has 1 aromatic heterocycles. The van der Waals surface area contributed by atoms with Crippen molar-refractivity contribution in [3.05, 3.63) is 66.4 Å². The van der Waals surface area contributed by atoms with E-state index in [0.717, 1.165) is 5.39 Å². The van der Waals surface area contributed by atoms with Crippen molar-refractivity contribution in [2.75, 3.05) is 0 Å². The lowest BCUT2D eigenvalue weighted by molar-refractivity contribution is -0.142. The van der Waals surface area contributed by atoms with Gasteiger partial charge < -0.3 is 4.74 Å². The molecule has 0 saturated heterocycles. The first-order chi connectivity index (χ1) is 11.0. The van der Waals surface area contributed by atoms with E-state index in [1.807, 2.05) is 12.1 Å². The Bertz CT molecular complexity index is 959. The topological polar surface area (TPSA) is 65.4 Å².